The number of nitrogens with one attached hydrogen (secondary N) is 2. The third-order valence-electron chi connectivity index (χ3n) is 6.53. The summed E-state index contributed by atoms with van der Waals surface area (Å²) in [6.07, 6.45) is 7.02. The predicted octanol–water partition coefficient (Wildman–Crippen LogP) is 4.03. The number of ether oxygens (including phenoxy) is 1. The Labute approximate surface area is 220 Å². The second-order valence-corrected chi connectivity index (χ2v) is 9.02. The van der Waals surface area contributed by atoms with E-state index in [0.717, 1.165) is 60.0 Å². The largest absolute Gasteiger partial charge is 0.489 e. The third kappa shape index (κ3) is 5.05. The van der Waals surface area contributed by atoms with Crippen LogP contribution in [0, 0.1) is 0 Å². The molecule has 0 unspecified atom stereocenters. The Kier molecular flexibility index (Phi) is 6.65. The van der Waals surface area contributed by atoms with Gasteiger partial charge in [0.1, 0.15) is 18.1 Å². The molecule has 1 aliphatic heterocycles. The molecule has 2 N–H and O–H groups in total. The van der Waals surface area contributed by atoms with E-state index < -0.39 is 0 Å². The zero-order chi connectivity index (χ0) is 25.7. The standard InChI is InChI=1S/C29H27N7O2/c37-29(34-25-3-1-2-4-27(25)35-17-14-31-15-18-35)26-11-16-36-28(33-26)24(19-32-36)22-5-7-23(8-6-22)38-20-21-9-12-30-13-10-21/h1-13,16,19,31H,14-15,17-18,20H2,(H,34,37). The average molecular weight is 506 g/mol. The monoisotopic (exact) mass is 505 g/mol. The lowest BCUT2D eigenvalue weighted by molar-refractivity contribution is 0.102. The van der Waals surface area contributed by atoms with Gasteiger partial charge in [-0.2, -0.15) is 5.10 Å². The number of nitrogens with zero attached hydrogens (tertiary/aromatic N) is 5. The molecule has 2 aromatic carbocycles. The normalized spacial score (nSPS) is 13.4. The maximum Gasteiger partial charge on any atom is 0.274 e. The minimum atomic E-state index is -0.262. The molecule has 0 spiro atoms. The van der Waals surface area contributed by atoms with Crippen LogP contribution in [-0.4, -0.2) is 51.7 Å². The van der Waals surface area contributed by atoms with E-state index in [1.807, 2.05) is 60.7 Å². The summed E-state index contributed by atoms with van der Waals surface area (Å²) in [5.74, 6) is 0.500. The van der Waals surface area contributed by atoms with E-state index in [4.69, 9.17) is 4.74 Å². The summed E-state index contributed by atoms with van der Waals surface area (Å²) in [5.41, 5.74) is 5.55. The van der Waals surface area contributed by atoms with E-state index in [2.05, 4.69) is 30.6 Å². The van der Waals surface area contributed by atoms with Gasteiger partial charge in [-0.25, -0.2) is 9.50 Å². The van der Waals surface area contributed by atoms with Gasteiger partial charge in [0.2, 0.25) is 0 Å². The molecule has 0 atom stereocenters. The quantitative estimate of drug-likeness (QED) is 0.345. The van der Waals surface area contributed by atoms with E-state index in [1.165, 1.54) is 0 Å². The number of rotatable bonds is 7. The van der Waals surface area contributed by atoms with Crippen LogP contribution in [0.4, 0.5) is 11.4 Å². The number of anilines is 2. The van der Waals surface area contributed by atoms with Gasteiger partial charge in [-0.3, -0.25) is 9.78 Å². The number of fused-ring (bicyclic) bond motifs is 1. The van der Waals surface area contributed by atoms with Gasteiger partial charge in [-0.1, -0.05) is 24.3 Å². The summed E-state index contributed by atoms with van der Waals surface area (Å²) in [6, 6.07) is 21.2. The fourth-order valence-corrected chi connectivity index (χ4v) is 4.52. The summed E-state index contributed by atoms with van der Waals surface area (Å²) in [7, 11) is 0. The van der Waals surface area contributed by atoms with Gasteiger partial charge < -0.3 is 20.3 Å². The summed E-state index contributed by atoms with van der Waals surface area (Å²) in [4.78, 5) is 24.2. The molecule has 9 nitrogen and oxygen atoms in total. The number of para-hydroxylation sites is 2. The number of pyridine rings is 1. The number of benzene rings is 2. The molecule has 1 saturated heterocycles. The Morgan fingerprint density at radius 1 is 0.974 bits per heavy atom. The molecule has 0 aliphatic carbocycles. The Bertz CT molecular complexity index is 1540. The SMILES string of the molecule is O=C(Nc1ccccc1N1CCNCC1)c1ccn2ncc(-c3ccc(OCc4ccncc4)cc3)c2n1. The summed E-state index contributed by atoms with van der Waals surface area (Å²) < 4.78 is 7.56. The zero-order valence-electron chi connectivity index (χ0n) is 20.7. The molecule has 4 heterocycles. The topological polar surface area (TPSA) is 96.7 Å². The van der Waals surface area contributed by atoms with E-state index in [9.17, 15) is 4.79 Å². The highest BCUT2D eigenvalue weighted by molar-refractivity contribution is 6.05. The maximum absolute atomic E-state index is 13.2. The fraction of sp³-hybridized carbons (Fsp3) is 0.172. The first-order valence-corrected chi connectivity index (χ1v) is 12.6. The van der Waals surface area contributed by atoms with Crippen LogP contribution >= 0.6 is 0 Å². The van der Waals surface area contributed by atoms with Crippen LogP contribution in [0.5, 0.6) is 5.75 Å². The minimum Gasteiger partial charge on any atom is -0.489 e. The molecule has 9 heteroatoms. The van der Waals surface area contributed by atoms with E-state index in [-0.39, 0.29) is 5.91 Å². The molecule has 1 fully saturated rings. The minimum absolute atomic E-state index is 0.262. The van der Waals surface area contributed by atoms with Crippen LogP contribution < -0.4 is 20.3 Å². The van der Waals surface area contributed by atoms with Gasteiger partial charge in [-0.05, 0) is 53.6 Å². The number of hydrogen-bond donors (Lipinski definition) is 2. The van der Waals surface area contributed by atoms with Crippen LogP contribution in [0.1, 0.15) is 16.1 Å². The van der Waals surface area contributed by atoms with Gasteiger partial charge >= 0.3 is 0 Å². The maximum atomic E-state index is 13.2. The summed E-state index contributed by atoms with van der Waals surface area (Å²) in [5, 5.41) is 10.9. The zero-order valence-corrected chi connectivity index (χ0v) is 20.7. The van der Waals surface area contributed by atoms with Crippen molar-refractivity contribution in [3.63, 3.8) is 0 Å². The molecule has 38 heavy (non-hydrogen) atoms. The smallest absolute Gasteiger partial charge is 0.274 e. The Morgan fingerprint density at radius 3 is 2.58 bits per heavy atom. The van der Waals surface area contributed by atoms with Crippen molar-refractivity contribution in [2.24, 2.45) is 0 Å². The molecule has 190 valence electrons. The highest BCUT2D eigenvalue weighted by atomic mass is 16.5. The lowest BCUT2D eigenvalue weighted by atomic mass is 10.1. The molecule has 1 amide bonds. The van der Waals surface area contributed by atoms with Crippen LogP contribution in [0.25, 0.3) is 16.8 Å². The van der Waals surface area contributed by atoms with Crippen molar-refractivity contribution in [1.82, 2.24) is 24.9 Å². The first-order chi connectivity index (χ1) is 18.7. The average Bonchev–Trinajstić information content (AvgIpc) is 3.41. The highest BCUT2D eigenvalue weighted by Crippen LogP contribution is 2.28. The molecule has 0 bridgehead atoms. The summed E-state index contributed by atoms with van der Waals surface area (Å²) in [6.45, 7) is 4.09. The van der Waals surface area contributed by atoms with Crippen LogP contribution in [-0.2, 0) is 6.61 Å². The Balaban J connectivity index is 1.20. The van der Waals surface area contributed by atoms with E-state index >= 15 is 0 Å². The Hall–Kier alpha value is -4.76. The fourth-order valence-electron chi connectivity index (χ4n) is 4.52. The molecule has 3 aromatic heterocycles. The number of amides is 1. The third-order valence-corrected chi connectivity index (χ3v) is 6.53. The lowest BCUT2D eigenvalue weighted by Crippen LogP contribution is -2.43. The first-order valence-electron chi connectivity index (χ1n) is 12.6. The molecule has 5 aromatic rings. The number of piperazine rings is 1. The van der Waals surface area contributed by atoms with E-state index in [1.54, 1.807) is 35.4 Å². The predicted molar refractivity (Wildman–Crippen MR) is 146 cm³/mol. The Morgan fingerprint density at radius 2 is 1.76 bits per heavy atom. The van der Waals surface area contributed by atoms with Crippen molar-refractivity contribution in [2.45, 2.75) is 6.61 Å². The first kappa shape index (κ1) is 23.6. The number of carbonyl (C=O) groups excluding carboxylic acids is 1. The second-order valence-electron chi connectivity index (χ2n) is 9.02. The van der Waals surface area contributed by atoms with Crippen molar-refractivity contribution in [1.29, 1.82) is 0 Å². The molecule has 0 saturated carbocycles. The molecule has 0 radical (unpaired) electrons. The van der Waals surface area contributed by atoms with Crippen LogP contribution in [0.15, 0.2) is 91.5 Å². The van der Waals surface area contributed by atoms with Crippen molar-refractivity contribution in [3.8, 4) is 16.9 Å². The lowest BCUT2D eigenvalue weighted by Gasteiger charge is -2.31. The number of carbonyl (C=O) groups is 1. The van der Waals surface area contributed by atoms with Gasteiger partial charge in [0.05, 0.1) is 17.6 Å². The number of aromatic nitrogens is 4. The molecule has 1 aliphatic rings. The van der Waals surface area contributed by atoms with Gasteiger partial charge in [0.25, 0.3) is 5.91 Å². The molecule has 6 rings (SSSR count). The van der Waals surface area contributed by atoms with Crippen LogP contribution in [0.2, 0.25) is 0 Å². The molecular formula is C29H27N7O2. The van der Waals surface area contributed by atoms with Gasteiger partial charge in [0, 0.05) is 50.3 Å². The van der Waals surface area contributed by atoms with Crippen molar-refractivity contribution in [3.05, 3.63) is 103 Å². The van der Waals surface area contributed by atoms with Crippen molar-refractivity contribution >= 4 is 22.9 Å². The summed E-state index contributed by atoms with van der Waals surface area (Å²) >= 11 is 0. The van der Waals surface area contributed by atoms with Gasteiger partial charge in [-0.15, -0.1) is 0 Å². The number of hydrogen-bond acceptors (Lipinski definition) is 7. The van der Waals surface area contributed by atoms with Crippen LogP contribution in [0.3, 0.4) is 0 Å². The van der Waals surface area contributed by atoms with Crippen molar-refractivity contribution in [2.75, 3.05) is 36.4 Å². The highest BCUT2D eigenvalue weighted by Gasteiger charge is 2.18. The van der Waals surface area contributed by atoms with Crippen molar-refractivity contribution < 1.29 is 9.53 Å². The molecular weight excluding hydrogens is 478 g/mol. The second kappa shape index (κ2) is 10.7. The van der Waals surface area contributed by atoms with E-state index in [0.29, 0.717) is 17.9 Å². The van der Waals surface area contributed by atoms with Gasteiger partial charge in [0.15, 0.2) is 5.65 Å².